The fraction of sp³-hybridized carbons (Fsp3) is 1.00. The lowest BCUT2D eigenvalue weighted by Gasteiger charge is -2.09. The van der Waals surface area contributed by atoms with Crippen LogP contribution in [0.25, 0.3) is 0 Å². The molecular formula is C13H28O4S. The van der Waals surface area contributed by atoms with E-state index in [1.807, 2.05) is 0 Å². The van der Waals surface area contributed by atoms with E-state index in [-0.39, 0.29) is 11.9 Å². The summed E-state index contributed by atoms with van der Waals surface area (Å²) in [5.74, 6) is -0.132. The highest BCUT2D eigenvalue weighted by Crippen LogP contribution is 2.12. The highest BCUT2D eigenvalue weighted by Gasteiger charge is 2.05. The van der Waals surface area contributed by atoms with Crippen LogP contribution in [0.15, 0.2) is 0 Å². The Labute approximate surface area is 112 Å². The van der Waals surface area contributed by atoms with E-state index in [2.05, 4.69) is 6.92 Å². The Morgan fingerprint density at radius 2 is 1.39 bits per heavy atom. The minimum atomic E-state index is -3.78. The van der Waals surface area contributed by atoms with Gasteiger partial charge in [-0.15, -0.1) is 0 Å². The van der Waals surface area contributed by atoms with Gasteiger partial charge in [0.2, 0.25) is 0 Å². The predicted octanol–water partition coefficient (Wildman–Crippen LogP) is 3.16. The van der Waals surface area contributed by atoms with Crippen LogP contribution in [0, 0.1) is 0 Å². The average molecular weight is 280 g/mol. The first-order valence-electron chi connectivity index (χ1n) is 7.09. The van der Waals surface area contributed by atoms with Gasteiger partial charge in [0.15, 0.2) is 0 Å². The maximum absolute atomic E-state index is 10.5. The molecule has 5 heteroatoms. The zero-order valence-electron chi connectivity index (χ0n) is 11.5. The molecule has 18 heavy (non-hydrogen) atoms. The van der Waals surface area contributed by atoms with Gasteiger partial charge in [-0.3, -0.25) is 4.55 Å². The standard InChI is InChI=1S/C13H28O4S/c1-2-3-7-10-13(14)11-8-5-4-6-9-12-18(15,16)17/h13-14H,2-12H2,1H3,(H,15,16,17). The smallest absolute Gasteiger partial charge is 0.264 e. The van der Waals surface area contributed by atoms with E-state index in [0.29, 0.717) is 6.42 Å². The van der Waals surface area contributed by atoms with Crippen LogP contribution in [-0.4, -0.2) is 29.9 Å². The molecule has 0 radical (unpaired) electrons. The molecule has 0 saturated heterocycles. The second kappa shape index (κ2) is 10.8. The molecule has 2 N–H and O–H groups in total. The lowest BCUT2D eigenvalue weighted by atomic mass is 10.0. The van der Waals surface area contributed by atoms with Crippen molar-refractivity contribution in [2.75, 3.05) is 5.75 Å². The first kappa shape index (κ1) is 17.9. The summed E-state index contributed by atoms with van der Waals surface area (Å²) in [6.07, 6.45) is 9.39. The summed E-state index contributed by atoms with van der Waals surface area (Å²) in [5, 5.41) is 9.67. The van der Waals surface area contributed by atoms with Crippen LogP contribution in [-0.2, 0) is 10.1 Å². The van der Waals surface area contributed by atoms with E-state index in [4.69, 9.17) is 4.55 Å². The van der Waals surface area contributed by atoms with Gasteiger partial charge in [0.05, 0.1) is 11.9 Å². The Kier molecular flexibility index (Phi) is 10.7. The highest BCUT2D eigenvalue weighted by atomic mass is 32.2. The van der Waals surface area contributed by atoms with E-state index in [1.165, 1.54) is 12.8 Å². The van der Waals surface area contributed by atoms with E-state index < -0.39 is 10.1 Å². The molecule has 0 rings (SSSR count). The van der Waals surface area contributed by atoms with Gasteiger partial charge in [0.25, 0.3) is 10.1 Å². The minimum Gasteiger partial charge on any atom is -0.393 e. The van der Waals surface area contributed by atoms with E-state index in [1.54, 1.807) is 0 Å². The summed E-state index contributed by atoms with van der Waals surface area (Å²) < 4.78 is 29.4. The summed E-state index contributed by atoms with van der Waals surface area (Å²) in [4.78, 5) is 0. The molecular weight excluding hydrogens is 252 g/mol. The Morgan fingerprint density at radius 3 is 1.94 bits per heavy atom. The maximum Gasteiger partial charge on any atom is 0.264 e. The van der Waals surface area contributed by atoms with E-state index in [9.17, 15) is 13.5 Å². The maximum atomic E-state index is 10.5. The van der Waals surface area contributed by atoms with Crippen LogP contribution in [0.5, 0.6) is 0 Å². The zero-order valence-corrected chi connectivity index (χ0v) is 12.3. The molecule has 0 fully saturated rings. The summed E-state index contributed by atoms with van der Waals surface area (Å²) in [6, 6.07) is 0. The van der Waals surface area contributed by atoms with Crippen LogP contribution in [0.3, 0.4) is 0 Å². The van der Waals surface area contributed by atoms with Crippen molar-refractivity contribution in [1.82, 2.24) is 0 Å². The molecule has 1 atom stereocenters. The van der Waals surface area contributed by atoms with Gasteiger partial charge in [-0.25, -0.2) is 0 Å². The Bertz CT molecular complexity index is 275. The molecule has 0 aromatic carbocycles. The summed E-state index contributed by atoms with van der Waals surface area (Å²) in [5.41, 5.74) is 0. The van der Waals surface area contributed by atoms with Gasteiger partial charge in [0, 0.05) is 0 Å². The fourth-order valence-corrected chi connectivity index (χ4v) is 2.54. The quantitative estimate of drug-likeness (QED) is 0.425. The third-order valence-corrected chi connectivity index (χ3v) is 3.89. The van der Waals surface area contributed by atoms with Gasteiger partial charge in [-0.05, 0) is 19.3 Å². The second-order valence-corrected chi connectivity index (χ2v) is 6.56. The summed E-state index contributed by atoms with van der Waals surface area (Å²) in [6.45, 7) is 2.15. The van der Waals surface area contributed by atoms with Gasteiger partial charge in [0.1, 0.15) is 0 Å². The summed E-state index contributed by atoms with van der Waals surface area (Å²) >= 11 is 0. The molecule has 0 aliphatic rings. The first-order valence-corrected chi connectivity index (χ1v) is 8.70. The van der Waals surface area contributed by atoms with Crippen molar-refractivity contribution in [2.24, 2.45) is 0 Å². The number of hydrogen-bond acceptors (Lipinski definition) is 3. The van der Waals surface area contributed by atoms with Crippen molar-refractivity contribution < 1.29 is 18.1 Å². The Balaban J connectivity index is 3.24. The normalized spacial score (nSPS) is 13.7. The van der Waals surface area contributed by atoms with Crippen molar-refractivity contribution in [3.63, 3.8) is 0 Å². The molecule has 0 aromatic rings. The van der Waals surface area contributed by atoms with Crippen molar-refractivity contribution >= 4 is 10.1 Å². The third kappa shape index (κ3) is 13.9. The van der Waals surface area contributed by atoms with E-state index in [0.717, 1.165) is 44.9 Å². The largest absolute Gasteiger partial charge is 0.393 e. The number of aliphatic hydroxyl groups is 1. The molecule has 0 amide bonds. The van der Waals surface area contributed by atoms with Gasteiger partial charge < -0.3 is 5.11 Å². The number of rotatable bonds is 12. The zero-order chi connectivity index (χ0) is 13.9. The van der Waals surface area contributed by atoms with Gasteiger partial charge in [-0.1, -0.05) is 51.9 Å². The monoisotopic (exact) mass is 280 g/mol. The van der Waals surface area contributed by atoms with Crippen molar-refractivity contribution in [1.29, 1.82) is 0 Å². The molecule has 0 spiro atoms. The molecule has 0 bridgehead atoms. The van der Waals surface area contributed by atoms with Crippen molar-refractivity contribution in [3.8, 4) is 0 Å². The highest BCUT2D eigenvalue weighted by molar-refractivity contribution is 7.85. The fourth-order valence-electron chi connectivity index (χ4n) is 1.97. The SMILES string of the molecule is CCCCCC(O)CCCCCCCS(=O)(=O)O. The molecule has 110 valence electrons. The van der Waals surface area contributed by atoms with Crippen molar-refractivity contribution in [2.45, 2.75) is 77.2 Å². The molecule has 0 heterocycles. The van der Waals surface area contributed by atoms with Crippen LogP contribution in [0.2, 0.25) is 0 Å². The lowest BCUT2D eigenvalue weighted by molar-refractivity contribution is 0.147. The Hall–Kier alpha value is -0.130. The average Bonchev–Trinajstić information content (AvgIpc) is 2.26. The number of hydrogen-bond donors (Lipinski definition) is 2. The third-order valence-electron chi connectivity index (χ3n) is 3.08. The molecule has 4 nitrogen and oxygen atoms in total. The van der Waals surface area contributed by atoms with Crippen LogP contribution in [0.1, 0.15) is 71.1 Å². The molecule has 0 saturated carbocycles. The van der Waals surface area contributed by atoms with Gasteiger partial charge in [-0.2, -0.15) is 8.42 Å². The molecule has 0 aliphatic carbocycles. The first-order chi connectivity index (χ1) is 8.45. The number of unbranched alkanes of at least 4 members (excludes halogenated alkanes) is 6. The second-order valence-electron chi connectivity index (χ2n) is 4.99. The van der Waals surface area contributed by atoms with Crippen LogP contribution in [0.4, 0.5) is 0 Å². The van der Waals surface area contributed by atoms with E-state index >= 15 is 0 Å². The number of aliphatic hydroxyl groups excluding tert-OH is 1. The topological polar surface area (TPSA) is 74.6 Å². The lowest BCUT2D eigenvalue weighted by Crippen LogP contribution is -2.06. The van der Waals surface area contributed by atoms with Crippen molar-refractivity contribution in [3.05, 3.63) is 0 Å². The van der Waals surface area contributed by atoms with Crippen LogP contribution < -0.4 is 0 Å². The Morgan fingerprint density at radius 1 is 0.889 bits per heavy atom. The van der Waals surface area contributed by atoms with Gasteiger partial charge >= 0.3 is 0 Å². The predicted molar refractivity (Wildman–Crippen MR) is 74.3 cm³/mol. The minimum absolute atomic E-state index is 0.132. The molecule has 0 aliphatic heterocycles. The molecule has 0 aromatic heterocycles. The van der Waals surface area contributed by atoms with Crippen LogP contribution >= 0.6 is 0 Å². The molecule has 1 unspecified atom stereocenters. The summed E-state index contributed by atoms with van der Waals surface area (Å²) in [7, 11) is -3.78.